The van der Waals surface area contributed by atoms with Gasteiger partial charge in [0.25, 0.3) is 5.90 Å². The van der Waals surface area contributed by atoms with E-state index in [2.05, 4.69) is 10.3 Å². The summed E-state index contributed by atoms with van der Waals surface area (Å²) in [5.74, 6) is 0.591. The van der Waals surface area contributed by atoms with Crippen molar-refractivity contribution in [2.45, 2.75) is 23.7 Å². The fourth-order valence-electron chi connectivity index (χ4n) is 5.01. The summed E-state index contributed by atoms with van der Waals surface area (Å²) in [4.78, 5) is 21.9. The van der Waals surface area contributed by atoms with Crippen molar-refractivity contribution in [3.05, 3.63) is 136 Å². The summed E-state index contributed by atoms with van der Waals surface area (Å²) in [7, 11) is 0. The highest BCUT2D eigenvalue weighted by atomic mass is 16.6. The second-order valence-electron chi connectivity index (χ2n) is 9.34. The van der Waals surface area contributed by atoms with Crippen molar-refractivity contribution in [2.24, 2.45) is 9.98 Å². The van der Waals surface area contributed by atoms with Gasteiger partial charge < -0.3 is 14.8 Å². The van der Waals surface area contributed by atoms with E-state index in [1.165, 1.54) is 0 Å². The van der Waals surface area contributed by atoms with Crippen LogP contribution in [-0.4, -0.2) is 41.5 Å². The molecular formula is C30H26N4O4. The van der Waals surface area contributed by atoms with Gasteiger partial charge in [-0.2, -0.15) is 0 Å². The molecule has 6 rings (SSSR count). The SMILES string of the molecule is O=[N+]([O-])C1(C2=N[C@H](c3ccccc3)CO2)C=CC=CC1Nc1ccccc1C1=N[C@H](c2ccccc2)CO1. The van der Waals surface area contributed by atoms with E-state index in [4.69, 9.17) is 14.5 Å². The van der Waals surface area contributed by atoms with Gasteiger partial charge in [0, 0.05) is 16.7 Å². The highest BCUT2D eigenvalue weighted by molar-refractivity contribution is 6.01. The van der Waals surface area contributed by atoms with Crippen LogP contribution in [0.4, 0.5) is 5.69 Å². The molecule has 0 aromatic heterocycles. The number of hydrogen-bond acceptors (Lipinski definition) is 7. The van der Waals surface area contributed by atoms with Crippen LogP contribution in [-0.2, 0) is 9.47 Å². The Balaban J connectivity index is 1.32. The number of hydrogen-bond donors (Lipinski definition) is 1. The van der Waals surface area contributed by atoms with E-state index in [1.807, 2.05) is 84.9 Å². The van der Waals surface area contributed by atoms with Crippen LogP contribution in [0.2, 0.25) is 0 Å². The highest BCUT2D eigenvalue weighted by Crippen LogP contribution is 2.35. The number of rotatable bonds is 7. The van der Waals surface area contributed by atoms with E-state index in [0.29, 0.717) is 18.2 Å². The third-order valence-electron chi connectivity index (χ3n) is 7.02. The summed E-state index contributed by atoms with van der Waals surface area (Å²) in [6.07, 6.45) is 6.78. The highest BCUT2D eigenvalue weighted by Gasteiger charge is 2.57. The van der Waals surface area contributed by atoms with Crippen LogP contribution in [0, 0.1) is 10.1 Å². The number of para-hydroxylation sites is 1. The lowest BCUT2D eigenvalue weighted by Gasteiger charge is -2.31. The fourth-order valence-corrected chi connectivity index (χ4v) is 5.01. The Kier molecular flexibility index (Phi) is 6.21. The normalized spacial score (nSPS) is 25.7. The van der Waals surface area contributed by atoms with E-state index in [9.17, 15) is 10.1 Å². The topological polar surface area (TPSA) is 98.4 Å². The molecule has 1 N–H and O–H groups in total. The molecule has 0 amide bonds. The van der Waals surface area contributed by atoms with Gasteiger partial charge in [-0.3, -0.25) is 10.1 Å². The number of anilines is 1. The standard InChI is InChI=1S/C30H26N4O4/c35-34(36)30(29-33-26(20-38-29)22-13-5-2-6-14-22)18-10-9-17-27(30)31-24-16-8-7-15-23(24)28-32-25(19-37-28)21-11-3-1-4-12-21/h1-18,25-27,31H,19-20H2/t25-,26-,27?,30?/m0/s1. The molecule has 8 heteroatoms. The van der Waals surface area contributed by atoms with Gasteiger partial charge in [-0.05, 0) is 23.3 Å². The van der Waals surface area contributed by atoms with E-state index < -0.39 is 11.6 Å². The Morgan fingerprint density at radius 1 is 0.816 bits per heavy atom. The molecule has 0 saturated heterocycles. The van der Waals surface area contributed by atoms with Crippen LogP contribution < -0.4 is 5.32 Å². The van der Waals surface area contributed by atoms with Gasteiger partial charge in [-0.25, -0.2) is 9.98 Å². The lowest BCUT2D eigenvalue weighted by atomic mass is 9.86. The van der Waals surface area contributed by atoms with Gasteiger partial charge in [0.15, 0.2) is 0 Å². The largest absolute Gasteiger partial charge is 0.475 e. The van der Waals surface area contributed by atoms with Gasteiger partial charge in [-0.1, -0.05) is 91.0 Å². The third-order valence-corrected chi connectivity index (χ3v) is 7.02. The minimum absolute atomic E-state index is 0.0885. The Bertz CT molecular complexity index is 1450. The minimum Gasteiger partial charge on any atom is -0.475 e. The maximum Gasteiger partial charge on any atom is 0.337 e. The summed E-state index contributed by atoms with van der Waals surface area (Å²) >= 11 is 0. The van der Waals surface area contributed by atoms with Gasteiger partial charge in [-0.15, -0.1) is 0 Å². The molecule has 3 aliphatic rings. The molecule has 2 heterocycles. The Labute approximate surface area is 220 Å². The van der Waals surface area contributed by atoms with Crippen molar-refractivity contribution in [1.29, 1.82) is 0 Å². The molecule has 2 aliphatic heterocycles. The zero-order chi connectivity index (χ0) is 26.0. The quantitative estimate of drug-likeness (QED) is 0.347. The number of nitrogens with zero attached hydrogens (tertiary/aromatic N) is 3. The number of nitrogens with one attached hydrogen (secondary N) is 1. The number of ether oxygens (including phenoxy) is 2. The average molecular weight is 507 g/mol. The molecular weight excluding hydrogens is 480 g/mol. The second kappa shape index (κ2) is 9.97. The summed E-state index contributed by atoms with van der Waals surface area (Å²) in [6, 6.07) is 26.0. The number of aliphatic imine (C=N–C) groups is 2. The lowest BCUT2D eigenvalue weighted by molar-refractivity contribution is -0.536. The summed E-state index contributed by atoms with van der Waals surface area (Å²) in [5, 5.41) is 16.1. The first-order chi connectivity index (χ1) is 18.6. The molecule has 38 heavy (non-hydrogen) atoms. The first-order valence-corrected chi connectivity index (χ1v) is 12.5. The summed E-state index contributed by atoms with van der Waals surface area (Å²) in [5.41, 5.74) is 1.73. The van der Waals surface area contributed by atoms with E-state index in [0.717, 1.165) is 16.7 Å². The minimum atomic E-state index is -1.71. The maximum atomic E-state index is 12.7. The number of allylic oxidation sites excluding steroid dienone is 2. The third kappa shape index (κ3) is 4.24. The molecule has 2 unspecified atom stereocenters. The molecule has 1 aliphatic carbocycles. The molecule has 0 bridgehead atoms. The van der Waals surface area contributed by atoms with Gasteiger partial charge in [0.05, 0.1) is 5.56 Å². The van der Waals surface area contributed by atoms with Crippen LogP contribution in [0.1, 0.15) is 28.8 Å². The van der Waals surface area contributed by atoms with Gasteiger partial charge >= 0.3 is 5.54 Å². The smallest absolute Gasteiger partial charge is 0.337 e. The lowest BCUT2D eigenvalue weighted by Crippen LogP contribution is -2.57. The van der Waals surface area contributed by atoms with E-state index >= 15 is 0 Å². The van der Waals surface area contributed by atoms with Crippen molar-refractivity contribution in [3.63, 3.8) is 0 Å². The first-order valence-electron chi connectivity index (χ1n) is 12.5. The average Bonchev–Trinajstić information content (AvgIpc) is 3.66. The molecule has 3 aromatic carbocycles. The Morgan fingerprint density at radius 3 is 2.16 bits per heavy atom. The molecule has 3 aromatic rings. The molecule has 190 valence electrons. The van der Waals surface area contributed by atoms with Crippen molar-refractivity contribution in [1.82, 2.24) is 0 Å². The Hall–Kier alpha value is -4.72. The zero-order valence-corrected chi connectivity index (χ0v) is 20.5. The van der Waals surface area contributed by atoms with Crippen molar-refractivity contribution < 1.29 is 14.4 Å². The monoisotopic (exact) mass is 506 g/mol. The Morgan fingerprint density at radius 2 is 1.45 bits per heavy atom. The predicted octanol–water partition coefficient (Wildman–Crippen LogP) is 5.30. The first kappa shape index (κ1) is 23.7. The number of nitro groups is 1. The second-order valence-corrected chi connectivity index (χ2v) is 9.34. The van der Waals surface area contributed by atoms with Gasteiger partial charge in [0.2, 0.25) is 5.90 Å². The van der Waals surface area contributed by atoms with Crippen LogP contribution in [0.3, 0.4) is 0 Å². The molecule has 0 radical (unpaired) electrons. The summed E-state index contributed by atoms with van der Waals surface area (Å²) < 4.78 is 11.9. The van der Waals surface area contributed by atoms with Crippen molar-refractivity contribution in [2.75, 3.05) is 18.5 Å². The maximum absolute atomic E-state index is 12.7. The molecule has 0 saturated carbocycles. The molecule has 4 atom stereocenters. The van der Waals surface area contributed by atoms with E-state index in [1.54, 1.807) is 24.3 Å². The van der Waals surface area contributed by atoms with Crippen LogP contribution in [0.5, 0.6) is 0 Å². The summed E-state index contributed by atoms with van der Waals surface area (Å²) in [6.45, 7) is 0.686. The van der Waals surface area contributed by atoms with Crippen LogP contribution >= 0.6 is 0 Å². The molecule has 0 spiro atoms. The van der Waals surface area contributed by atoms with Gasteiger partial charge in [0.1, 0.15) is 31.3 Å². The van der Waals surface area contributed by atoms with Crippen LogP contribution in [0.15, 0.2) is 119 Å². The molecule has 8 nitrogen and oxygen atoms in total. The van der Waals surface area contributed by atoms with Crippen LogP contribution in [0.25, 0.3) is 0 Å². The van der Waals surface area contributed by atoms with Crippen molar-refractivity contribution in [3.8, 4) is 0 Å². The zero-order valence-electron chi connectivity index (χ0n) is 20.5. The van der Waals surface area contributed by atoms with E-state index in [-0.39, 0.29) is 29.5 Å². The molecule has 0 fully saturated rings. The predicted molar refractivity (Wildman–Crippen MR) is 146 cm³/mol. The fraction of sp³-hybridized carbons (Fsp3) is 0.200. The van der Waals surface area contributed by atoms with Crippen molar-refractivity contribution >= 4 is 17.5 Å². The number of benzene rings is 3.